The number of thiol groups is 2. The van der Waals surface area contributed by atoms with Crippen molar-refractivity contribution in [2.24, 2.45) is 27.9 Å². The number of unbranched alkanes of at least 4 members (excludes halogenated alkanes) is 1. The lowest BCUT2D eigenvalue weighted by Crippen LogP contribution is -2.62. The standard InChI is InChI=1S/C50H78N14O20S2/c1-24(65)39(48(82)63-34(23-86)47(81)60-31(49(83)84)11-7-19-55-50(53)54)64-46(80)32(20-25-8-3-2-4-9-25)61-43(77)29(13-16-36(68)69)58-41(75)27(10-5-6-18-51)57-45(79)33(21-38(72)73)62-44(78)30(14-17-37(70)71)59-42(76)28(12-15-35(66)67)56-40(74)26(52)22-85/h2-4,8-9,24,26-34,39,65,85-86H,5-7,10-23,51-52H2,1H3,(H,56,74)(H,57,79)(H,58,75)(H,59,76)(H,60,81)(H,61,77)(H,62,78)(H,63,82)(H,64,80)(H,66,67)(H,68,69)(H,70,71)(H,72,73)(H,83,84)(H4,53,54,55)/t24-,26+,27+,28+,29+,30+,31+,32+,33+,34+,39+/m1/s1. The van der Waals surface area contributed by atoms with Crippen LogP contribution in [0.5, 0.6) is 0 Å². The average Bonchev–Trinajstić information content (AvgIpc) is 3.64. The lowest BCUT2D eigenvalue weighted by atomic mass is 10.0. The Kier molecular flexibility index (Phi) is 35.2. The fourth-order valence-corrected chi connectivity index (χ4v) is 8.11. The van der Waals surface area contributed by atoms with Crippen molar-refractivity contribution in [2.45, 2.75) is 157 Å². The van der Waals surface area contributed by atoms with Gasteiger partial charge in [-0.15, -0.1) is 0 Å². The number of aliphatic hydroxyl groups excluding tert-OH is 1. The van der Waals surface area contributed by atoms with Crippen LogP contribution in [0.1, 0.15) is 89.5 Å². The number of carbonyl (C=O) groups is 14. The van der Waals surface area contributed by atoms with Crippen molar-refractivity contribution < 1.29 is 97.8 Å². The number of carboxylic acids is 5. The number of carboxylic acid groups (broad SMARTS) is 5. The number of rotatable bonds is 43. The molecule has 0 unspecified atom stereocenters. The van der Waals surface area contributed by atoms with E-state index in [9.17, 15) is 97.8 Å². The van der Waals surface area contributed by atoms with Crippen LogP contribution in [-0.2, 0) is 73.5 Å². The zero-order chi connectivity index (χ0) is 65.2. The first-order valence-corrected chi connectivity index (χ1v) is 28.0. The van der Waals surface area contributed by atoms with Gasteiger partial charge in [0.15, 0.2) is 5.96 Å². The molecule has 0 aliphatic carbocycles. The third kappa shape index (κ3) is 29.9. The molecule has 0 saturated carbocycles. The van der Waals surface area contributed by atoms with Gasteiger partial charge in [-0.1, -0.05) is 30.3 Å². The summed E-state index contributed by atoms with van der Waals surface area (Å²) in [5, 5.41) is 79.0. The number of nitrogens with one attached hydrogen (secondary N) is 9. The third-order valence-electron chi connectivity index (χ3n) is 12.3. The molecule has 11 atom stereocenters. The van der Waals surface area contributed by atoms with Crippen LogP contribution in [-0.4, -0.2) is 211 Å². The molecule has 23 N–H and O–H groups in total. The fraction of sp³-hybridized carbons (Fsp3) is 0.580. The van der Waals surface area contributed by atoms with Crippen molar-refractivity contribution in [1.82, 2.24) is 47.9 Å². The second-order valence-electron chi connectivity index (χ2n) is 19.3. The van der Waals surface area contributed by atoms with E-state index in [2.05, 4.69) is 78.1 Å². The Morgan fingerprint density at radius 3 is 1.29 bits per heavy atom. The van der Waals surface area contributed by atoms with Crippen LogP contribution >= 0.6 is 25.3 Å². The molecule has 0 heterocycles. The summed E-state index contributed by atoms with van der Waals surface area (Å²) in [6, 6.07) is -9.25. The average molecular weight is 1260 g/mol. The number of hydrogen-bond acceptors (Lipinski definition) is 20. The van der Waals surface area contributed by atoms with Crippen LogP contribution < -0.4 is 70.8 Å². The highest BCUT2D eigenvalue weighted by molar-refractivity contribution is 7.80. The predicted octanol–water partition coefficient (Wildman–Crippen LogP) is -6.50. The van der Waals surface area contributed by atoms with Gasteiger partial charge in [0, 0.05) is 43.7 Å². The Balaban J connectivity index is 3.63. The molecule has 36 heteroatoms. The van der Waals surface area contributed by atoms with Crippen LogP contribution in [0.2, 0.25) is 0 Å². The first-order chi connectivity index (χ1) is 40.4. The van der Waals surface area contributed by atoms with E-state index >= 15 is 0 Å². The van der Waals surface area contributed by atoms with Gasteiger partial charge in [0.1, 0.15) is 54.4 Å². The van der Waals surface area contributed by atoms with Gasteiger partial charge in [-0.25, -0.2) is 4.79 Å². The number of amides is 9. The second-order valence-corrected chi connectivity index (χ2v) is 20.1. The predicted molar refractivity (Wildman–Crippen MR) is 308 cm³/mol. The van der Waals surface area contributed by atoms with Crippen molar-refractivity contribution in [3.63, 3.8) is 0 Å². The number of carbonyl (C=O) groups excluding carboxylic acids is 9. The molecule has 0 aliphatic rings. The number of benzene rings is 1. The minimum Gasteiger partial charge on any atom is -0.481 e. The molecule has 1 aromatic carbocycles. The quantitative estimate of drug-likeness (QED) is 0.0125. The highest BCUT2D eigenvalue weighted by atomic mass is 32.1. The lowest BCUT2D eigenvalue weighted by Gasteiger charge is -2.28. The van der Waals surface area contributed by atoms with Crippen LogP contribution in [0.3, 0.4) is 0 Å². The highest BCUT2D eigenvalue weighted by Gasteiger charge is 2.37. The normalized spacial score (nSPS) is 14.7. The molecular weight excluding hydrogens is 1180 g/mol. The summed E-state index contributed by atoms with van der Waals surface area (Å²) in [7, 11) is 0. The Hall–Kier alpha value is -8.35. The second kappa shape index (κ2) is 40.1. The van der Waals surface area contributed by atoms with E-state index in [-0.39, 0.29) is 63.3 Å². The molecule has 0 saturated heterocycles. The lowest BCUT2D eigenvalue weighted by molar-refractivity contribution is -0.142. The Morgan fingerprint density at radius 1 is 0.477 bits per heavy atom. The SMILES string of the molecule is C[C@@H](O)[C@H](NC(=O)[C@H](Cc1ccccc1)NC(=O)[C@H](CCC(=O)O)NC(=O)[C@H](CCCCN)NC(=O)[C@H](CC(=O)O)NC(=O)[C@H](CCC(=O)O)NC(=O)[C@H](CCC(=O)O)NC(=O)[C@@H](N)CS)C(=O)N[C@@H](CS)C(=O)N[C@@H](CCCN=C(N)N)C(=O)O. The number of aliphatic imine (C=N–C) groups is 1. The molecule has 86 heavy (non-hydrogen) atoms. The number of aliphatic hydroxyl groups is 1. The van der Waals surface area contributed by atoms with Gasteiger partial charge in [0.25, 0.3) is 0 Å². The van der Waals surface area contributed by atoms with Crippen LogP contribution in [0, 0.1) is 0 Å². The van der Waals surface area contributed by atoms with E-state index < -0.39 is 200 Å². The molecule has 0 bridgehead atoms. The molecular formula is C50H78N14O20S2. The molecule has 0 spiro atoms. The number of hydrogen-bond donors (Lipinski definition) is 21. The van der Waals surface area contributed by atoms with E-state index in [1.165, 1.54) is 0 Å². The van der Waals surface area contributed by atoms with E-state index in [0.29, 0.717) is 5.56 Å². The molecule has 0 aromatic heterocycles. The van der Waals surface area contributed by atoms with Gasteiger partial charge in [-0.05, 0) is 70.4 Å². The summed E-state index contributed by atoms with van der Waals surface area (Å²) in [5.41, 5.74) is 22.3. The van der Waals surface area contributed by atoms with Gasteiger partial charge in [-0.2, -0.15) is 25.3 Å². The smallest absolute Gasteiger partial charge is 0.326 e. The summed E-state index contributed by atoms with van der Waals surface area (Å²) >= 11 is 8.00. The number of nitrogens with zero attached hydrogens (tertiary/aromatic N) is 1. The van der Waals surface area contributed by atoms with Gasteiger partial charge in [-0.3, -0.25) is 67.3 Å². The minimum absolute atomic E-state index is 0.0326. The van der Waals surface area contributed by atoms with Crippen LogP contribution in [0.15, 0.2) is 35.3 Å². The van der Waals surface area contributed by atoms with E-state index in [0.717, 1.165) is 6.92 Å². The Labute approximate surface area is 503 Å². The van der Waals surface area contributed by atoms with Crippen LogP contribution in [0.25, 0.3) is 0 Å². The van der Waals surface area contributed by atoms with E-state index in [4.69, 9.17) is 22.9 Å². The number of nitrogens with two attached hydrogens (primary N) is 4. The molecule has 0 aliphatic heterocycles. The number of guanidine groups is 1. The van der Waals surface area contributed by atoms with Gasteiger partial charge < -0.3 is 101 Å². The largest absolute Gasteiger partial charge is 0.481 e. The van der Waals surface area contributed by atoms with Crippen molar-refractivity contribution in [3.8, 4) is 0 Å². The fourth-order valence-electron chi connectivity index (χ4n) is 7.69. The summed E-state index contributed by atoms with van der Waals surface area (Å²) in [4.78, 5) is 186. The van der Waals surface area contributed by atoms with Crippen LogP contribution in [0.4, 0.5) is 0 Å². The maximum atomic E-state index is 14.3. The molecule has 1 rings (SSSR count). The van der Waals surface area contributed by atoms with E-state index in [1.54, 1.807) is 30.3 Å². The highest BCUT2D eigenvalue weighted by Crippen LogP contribution is 2.12. The van der Waals surface area contributed by atoms with Crippen molar-refractivity contribution in [3.05, 3.63) is 35.9 Å². The molecule has 0 radical (unpaired) electrons. The van der Waals surface area contributed by atoms with Gasteiger partial charge >= 0.3 is 29.8 Å². The topological polar surface area (TPSA) is 585 Å². The zero-order valence-corrected chi connectivity index (χ0v) is 48.6. The molecule has 9 amide bonds. The van der Waals surface area contributed by atoms with E-state index in [1.807, 2.05) is 0 Å². The first kappa shape index (κ1) is 75.7. The Morgan fingerprint density at radius 2 is 0.872 bits per heavy atom. The van der Waals surface area contributed by atoms with Gasteiger partial charge in [0.05, 0.1) is 18.6 Å². The molecule has 34 nitrogen and oxygen atoms in total. The Bertz CT molecular complexity index is 2550. The first-order valence-electron chi connectivity index (χ1n) is 26.7. The summed E-state index contributed by atoms with van der Waals surface area (Å²) in [5.74, 6) is -19.0. The maximum absolute atomic E-state index is 14.3. The zero-order valence-electron chi connectivity index (χ0n) is 46.8. The molecule has 0 fully saturated rings. The minimum atomic E-state index is -2.11. The summed E-state index contributed by atoms with van der Waals surface area (Å²) in [6.45, 7) is 1.18. The van der Waals surface area contributed by atoms with Crippen molar-refractivity contribution in [2.75, 3.05) is 24.6 Å². The van der Waals surface area contributed by atoms with Crippen molar-refractivity contribution >= 4 is 114 Å². The monoisotopic (exact) mass is 1260 g/mol. The van der Waals surface area contributed by atoms with Crippen molar-refractivity contribution in [1.29, 1.82) is 0 Å². The van der Waals surface area contributed by atoms with Gasteiger partial charge in [0.2, 0.25) is 53.2 Å². The maximum Gasteiger partial charge on any atom is 0.326 e. The molecule has 1 aromatic rings. The summed E-state index contributed by atoms with van der Waals surface area (Å²) in [6.07, 6.45) is -7.54. The summed E-state index contributed by atoms with van der Waals surface area (Å²) < 4.78 is 0. The third-order valence-corrected chi connectivity index (χ3v) is 13.1. The molecule has 480 valence electrons. The number of aliphatic carboxylic acids is 5.